The molecule has 0 saturated carbocycles. The zero-order valence-corrected chi connectivity index (χ0v) is 11.9. The maximum atomic E-state index is 5.36. The Kier molecular flexibility index (Phi) is 5.95. The lowest BCUT2D eigenvalue weighted by atomic mass is 10.2. The molecule has 0 heterocycles. The second kappa shape index (κ2) is 8.48. The molecule has 0 aliphatic carbocycles. The van der Waals surface area contributed by atoms with Gasteiger partial charge in [-0.25, -0.2) is 0 Å². The summed E-state index contributed by atoms with van der Waals surface area (Å²) in [6.07, 6.45) is 0. The summed E-state index contributed by atoms with van der Waals surface area (Å²) in [7, 11) is 1.64. The Balaban J connectivity index is 1.78. The van der Waals surface area contributed by atoms with Crippen molar-refractivity contribution in [3.63, 3.8) is 0 Å². The van der Waals surface area contributed by atoms with Crippen LogP contribution in [-0.4, -0.2) is 20.3 Å². The van der Waals surface area contributed by atoms with Crippen LogP contribution in [0.25, 0.3) is 0 Å². The zero-order chi connectivity index (χ0) is 14.8. The lowest BCUT2D eigenvalue weighted by molar-refractivity contribution is 0.204. The molecule has 104 valence electrons. The maximum absolute atomic E-state index is 5.36. The first-order chi connectivity index (χ1) is 10.4. The van der Waals surface area contributed by atoms with Gasteiger partial charge in [-0.15, -0.1) is 0 Å². The fraction of sp³-hybridized carbons (Fsp3) is 0.158. The van der Waals surface area contributed by atoms with Gasteiger partial charge in [0.25, 0.3) is 0 Å². The van der Waals surface area contributed by atoms with E-state index in [-0.39, 0.29) is 0 Å². The topological polar surface area (TPSA) is 18.5 Å². The molecule has 0 bridgehead atoms. The number of benzene rings is 2. The summed E-state index contributed by atoms with van der Waals surface area (Å²) in [6, 6.07) is 17.5. The van der Waals surface area contributed by atoms with Gasteiger partial charge in [0.1, 0.15) is 19.0 Å². The monoisotopic (exact) mass is 276 g/mol. The van der Waals surface area contributed by atoms with Crippen LogP contribution < -0.4 is 4.74 Å². The summed E-state index contributed by atoms with van der Waals surface area (Å²) < 4.78 is 10.6. The fourth-order valence-corrected chi connectivity index (χ4v) is 1.69. The average Bonchev–Trinajstić information content (AvgIpc) is 2.55. The van der Waals surface area contributed by atoms with Crippen molar-refractivity contribution >= 4 is 0 Å². The van der Waals surface area contributed by atoms with Gasteiger partial charge in [-0.05, 0) is 24.3 Å². The smallest absolute Gasteiger partial charge is 0.134 e. The summed E-state index contributed by atoms with van der Waals surface area (Å²) in [5.74, 6) is 12.7. The van der Waals surface area contributed by atoms with Gasteiger partial charge in [0.15, 0.2) is 0 Å². The molecule has 0 aromatic heterocycles. The minimum Gasteiger partial charge on any atom is -0.495 e. The molecule has 0 atom stereocenters. The lowest BCUT2D eigenvalue weighted by Crippen LogP contribution is -1.92. The minimum atomic E-state index is 0.349. The number of methoxy groups -OCH3 is 1. The molecular weight excluding hydrogens is 260 g/mol. The largest absolute Gasteiger partial charge is 0.495 e. The van der Waals surface area contributed by atoms with E-state index < -0.39 is 0 Å². The van der Waals surface area contributed by atoms with Gasteiger partial charge in [-0.1, -0.05) is 54.0 Å². The number of rotatable bonds is 3. The Bertz CT molecular complexity index is 682. The first-order valence-corrected chi connectivity index (χ1v) is 6.63. The molecule has 0 N–H and O–H groups in total. The van der Waals surface area contributed by atoms with Gasteiger partial charge < -0.3 is 9.47 Å². The molecule has 0 radical (unpaired) electrons. The van der Waals surface area contributed by atoms with E-state index >= 15 is 0 Å². The van der Waals surface area contributed by atoms with Crippen molar-refractivity contribution in [2.24, 2.45) is 0 Å². The molecule has 0 spiro atoms. The molecule has 0 unspecified atom stereocenters. The predicted octanol–water partition coefficient (Wildman–Crippen LogP) is 3.12. The van der Waals surface area contributed by atoms with Gasteiger partial charge in [-0.2, -0.15) is 0 Å². The van der Waals surface area contributed by atoms with Crippen LogP contribution in [0.15, 0.2) is 54.6 Å². The predicted molar refractivity (Wildman–Crippen MR) is 84.0 cm³/mol. The van der Waals surface area contributed by atoms with Crippen LogP contribution in [0.4, 0.5) is 0 Å². The van der Waals surface area contributed by atoms with Crippen LogP contribution in [0.5, 0.6) is 5.75 Å². The van der Waals surface area contributed by atoms with Crippen LogP contribution in [0.1, 0.15) is 11.1 Å². The summed E-state index contributed by atoms with van der Waals surface area (Å²) in [4.78, 5) is 0. The third-order valence-corrected chi connectivity index (χ3v) is 2.69. The van der Waals surface area contributed by atoms with E-state index in [9.17, 15) is 0 Å². The molecule has 2 nitrogen and oxygen atoms in total. The summed E-state index contributed by atoms with van der Waals surface area (Å²) >= 11 is 0. The van der Waals surface area contributed by atoms with Crippen LogP contribution in [-0.2, 0) is 4.74 Å². The van der Waals surface area contributed by atoms with Crippen molar-refractivity contribution in [2.45, 2.75) is 0 Å². The highest BCUT2D eigenvalue weighted by Crippen LogP contribution is 2.15. The Morgan fingerprint density at radius 2 is 1.48 bits per heavy atom. The molecule has 0 aliphatic heterocycles. The Morgan fingerprint density at radius 3 is 2.24 bits per heavy atom. The van der Waals surface area contributed by atoms with Crippen molar-refractivity contribution in [3.05, 3.63) is 65.7 Å². The third kappa shape index (κ3) is 5.07. The Labute approximate surface area is 125 Å². The summed E-state index contributed by atoms with van der Waals surface area (Å²) in [5.41, 5.74) is 1.85. The van der Waals surface area contributed by atoms with Crippen LogP contribution in [0, 0.1) is 23.7 Å². The van der Waals surface area contributed by atoms with Crippen molar-refractivity contribution in [1.29, 1.82) is 0 Å². The van der Waals surface area contributed by atoms with Gasteiger partial charge in [0, 0.05) is 5.56 Å². The van der Waals surface area contributed by atoms with Gasteiger partial charge in [0.2, 0.25) is 0 Å². The van der Waals surface area contributed by atoms with E-state index in [0.717, 1.165) is 16.9 Å². The van der Waals surface area contributed by atoms with E-state index in [4.69, 9.17) is 9.47 Å². The first kappa shape index (κ1) is 14.7. The highest BCUT2D eigenvalue weighted by molar-refractivity contribution is 5.45. The first-order valence-electron chi connectivity index (χ1n) is 6.63. The zero-order valence-electron chi connectivity index (χ0n) is 11.9. The summed E-state index contributed by atoms with van der Waals surface area (Å²) in [5, 5.41) is 0. The molecule has 0 amide bonds. The van der Waals surface area contributed by atoms with E-state index in [1.54, 1.807) is 7.11 Å². The minimum absolute atomic E-state index is 0.349. The molecule has 0 aliphatic rings. The lowest BCUT2D eigenvalue weighted by Gasteiger charge is -2.00. The second-order valence-corrected chi connectivity index (χ2v) is 4.16. The van der Waals surface area contributed by atoms with Crippen LogP contribution in [0.3, 0.4) is 0 Å². The van der Waals surface area contributed by atoms with Gasteiger partial charge in [-0.3, -0.25) is 0 Å². The second-order valence-electron chi connectivity index (χ2n) is 4.16. The number of ether oxygens (including phenoxy) is 2. The van der Waals surface area contributed by atoms with Crippen molar-refractivity contribution in [1.82, 2.24) is 0 Å². The molecule has 2 heteroatoms. The average molecular weight is 276 g/mol. The van der Waals surface area contributed by atoms with Gasteiger partial charge in [0.05, 0.1) is 12.7 Å². The fourth-order valence-electron chi connectivity index (χ4n) is 1.69. The number of para-hydroxylation sites is 1. The Hall–Kier alpha value is -2.68. The van der Waals surface area contributed by atoms with Crippen molar-refractivity contribution in [3.8, 4) is 29.4 Å². The van der Waals surface area contributed by atoms with Crippen LogP contribution >= 0.6 is 0 Å². The highest BCUT2D eigenvalue weighted by atomic mass is 16.5. The van der Waals surface area contributed by atoms with Crippen LogP contribution in [0.2, 0.25) is 0 Å². The quantitative estimate of drug-likeness (QED) is 0.633. The summed E-state index contributed by atoms with van der Waals surface area (Å²) in [6.45, 7) is 0.719. The molecular formula is C19H16O2. The van der Waals surface area contributed by atoms with Crippen molar-refractivity contribution in [2.75, 3.05) is 20.3 Å². The van der Waals surface area contributed by atoms with Crippen molar-refractivity contribution < 1.29 is 9.47 Å². The highest BCUT2D eigenvalue weighted by Gasteiger charge is 1.95. The third-order valence-electron chi connectivity index (χ3n) is 2.69. The molecule has 2 aromatic carbocycles. The molecule has 0 saturated heterocycles. The maximum Gasteiger partial charge on any atom is 0.134 e. The molecule has 2 aromatic rings. The number of hydrogen-bond acceptors (Lipinski definition) is 2. The van der Waals surface area contributed by atoms with E-state index in [1.165, 1.54) is 0 Å². The van der Waals surface area contributed by atoms with E-state index in [0.29, 0.717) is 13.2 Å². The molecule has 2 rings (SSSR count). The standard InChI is InChI=1S/C19H16O2/c1-20-19-14-6-5-12-18(19)13-8-16-21-15-7-11-17-9-3-2-4-10-17/h2-6,9-10,12,14H,15-16H2,1H3. The number of hydrogen-bond donors (Lipinski definition) is 0. The van der Waals surface area contributed by atoms with E-state index in [2.05, 4.69) is 23.7 Å². The normalized spacial score (nSPS) is 9.00. The Morgan fingerprint density at radius 1 is 0.810 bits per heavy atom. The van der Waals surface area contributed by atoms with E-state index in [1.807, 2.05) is 54.6 Å². The molecule has 21 heavy (non-hydrogen) atoms. The molecule has 0 fully saturated rings. The SMILES string of the molecule is COc1ccccc1C#CCOCC#Cc1ccccc1. The van der Waals surface area contributed by atoms with Gasteiger partial charge >= 0.3 is 0 Å².